The molecule has 0 aromatic heterocycles. The zero-order chi connectivity index (χ0) is 13.3. The van der Waals surface area contributed by atoms with E-state index in [0.29, 0.717) is 0 Å². The van der Waals surface area contributed by atoms with Crippen molar-refractivity contribution >= 4 is 10.1 Å². The largest absolute Gasteiger partial charge is 0.523 e. The molecule has 0 radical (unpaired) electrons. The summed E-state index contributed by atoms with van der Waals surface area (Å²) in [6, 6.07) is 2.65. The number of alkyl halides is 3. The highest BCUT2D eigenvalue weighted by Gasteiger charge is 2.47. The predicted molar refractivity (Wildman–Crippen MR) is 46.1 cm³/mol. The molecule has 0 saturated heterocycles. The van der Waals surface area contributed by atoms with Crippen molar-refractivity contribution in [2.24, 2.45) is 0 Å². The summed E-state index contributed by atoms with van der Waals surface area (Å²) in [5.74, 6) is -2.76. The Bertz CT molecular complexity index is 508. The molecule has 0 saturated carbocycles. The number of hydrogen-bond acceptors (Lipinski definition) is 3. The summed E-state index contributed by atoms with van der Waals surface area (Å²) in [6.07, 6.45) is 0. The summed E-state index contributed by atoms with van der Waals surface area (Å²) in [5.41, 5.74) is -6.23. The maximum absolute atomic E-state index is 12.9. The summed E-state index contributed by atoms with van der Waals surface area (Å²) in [4.78, 5) is 0. The van der Waals surface area contributed by atoms with Crippen LogP contribution < -0.4 is 0 Å². The van der Waals surface area contributed by atoms with Gasteiger partial charge in [-0.3, -0.25) is 4.18 Å². The lowest BCUT2D eigenvalue weighted by Gasteiger charge is -2.08. The molecule has 0 aliphatic heterocycles. The molecule has 0 spiro atoms. The smallest absolute Gasteiger partial charge is 0.258 e. The zero-order valence-corrected chi connectivity index (χ0v) is 8.78. The predicted octanol–water partition coefficient (Wildman–Crippen LogP) is 2.33. The third-order valence-corrected chi connectivity index (χ3v) is 2.68. The van der Waals surface area contributed by atoms with Gasteiger partial charge in [-0.2, -0.15) is 21.6 Å². The Morgan fingerprint density at radius 3 is 2.29 bits per heavy atom. The van der Waals surface area contributed by atoms with Gasteiger partial charge >= 0.3 is 15.6 Å². The SMILES string of the molecule is O=S(=O)(OCc1cccc(F)c1F)C(F)(F)F. The normalized spacial score (nSPS) is 12.8. The lowest BCUT2D eigenvalue weighted by Crippen LogP contribution is -2.25. The molecule has 0 unspecified atom stereocenters. The molecule has 0 fully saturated rings. The third kappa shape index (κ3) is 3.13. The molecule has 0 amide bonds. The minimum atomic E-state index is -5.81. The Morgan fingerprint density at radius 2 is 1.76 bits per heavy atom. The third-order valence-electron chi connectivity index (χ3n) is 1.68. The molecule has 9 heteroatoms. The van der Waals surface area contributed by atoms with E-state index in [2.05, 4.69) is 4.18 Å². The first kappa shape index (κ1) is 13.8. The first-order chi connectivity index (χ1) is 7.65. The number of hydrogen-bond donors (Lipinski definition) is 0. The fourth-order valence-electron chi connectivity index (χ4n) is 0.868. The maximum atomic E-state index is 12.9. The van der Waals surface area contributed by atoms with Gasteiger partial charge in [0.05, 0.1) is 6.61 Å². The molecule has 0 aliphatic rings. The van der Waals surface area contributed by atoms with Crippen LogP contribution in [0.3, 0.4) is 0 Å². The molecule has 17 heavy (non-hydrogen) atoms. The topological polar surface area (TPSA) is 43.4 Å². The standard InChI is InChI=1S/C8H5F5O3S/c9-6-3-1-2-5(7(6)10)4-16-17(14,15)8(11,12)13/h1-3H,4H2. The quantitative estimate of drug-likeness (QED) is 0.483. The average molecular weight is 276 g/mol. The minimum absolute atomic E-state index is 0.627. The second-order valence-corrected chi connectivity index (χ2v) is 4.48. The van der Waals surface area contributed by atoms with E-state index in [1.807, 2.05) is 0 Å². The molecule has 0 N–H and O–H groups in total. The van der Waals surface area contributed by atoms with Gasteiger partial charge in [-0.1, -0.05) is 12.1 Å². The van der Waals surface area contributed by atoms with Crippen LogP contribution in [0.15, 0.2) is 18.2 Å². The maximum Gasteiger partial charge on any atom is 0.523 e. The average Bonchev–Trinajstić information content (AvgIpc) is 2.18. The zero-order valence-electron chi connectivity index (χ0n) is 7.96. The van der Waals surface area contributed by atoms with E-state index >= 15 is 0 Å². The molecular weight excluding hydrogens is 271 g/mol. The highest BCUT2D eigenvalue weighted by molar-refractivity contribution is 7.87. The number of halogens is 5. The molecule has 0 aliphatic carbocycles. The molecule has 0 heterocycles. The van der Waals surface area contributed by atoms with Gasteiger partial charge in [0.15, 0.2) is 11.6 Å². The molecular formula is C8H5F5O3S. The van der Waals surface area contributed by atoms with Crippen LogP contribution in [0, 0.1) is 11.6 Å². The number of rotatable bonds is 3. The Morgan fingerprint density at radius 1 is 1.18 bits per heavy atom. The van der Waals surface area contributed by atoms with E-state index < -0.39 is 39.4 Å². The first-order valence-electron chi connectivity index (χ1n) is 4.04. The van der Waals surface area contributed by atoms with Gasteiger partial charge in [0, 0.05) is 5.56 Å². The van der Waals surface area contributed by atoms with Gasteiger partial charge in [0.25, 0.3) is 0 Å². The van der Waals surface area contributed by atoms with Gasteiger partial charge in [-0.15, -0.1) is 0 Å². The highest BCUT2D eigenvalue weighted by Crippen LogP contribution is 2.26. The van der Waals surface area contributed by atoms with Crippen molar-refractivity contribution in [3.05, 3.63) is 35.4 Å². The first-order valence-corrected chi connectivity index (χ1v) is 5.44. The summed E-state index contributed by atoms with van der Waals surface area (Å²) in [6.45, 7) is -1.23. The number of benzene rings is 1. The van der Waals surface area contributed by atoms with Crippen LogP contribution in [0.25, 0.3) is 0 Å². The van der Waals surface area contributed by atoms with Crippen molar-refractivity contribution in [3.8, 4) is 0 Å². The van der Waals surface area contributed by atoms with Gasteiger partial charge < -0.3 is 0 Å². The lowest BCUT2D eigenvalue weighted by atomic mass is 10.2. The van der Waals surface area contributed by atoms with E-state index in [1.54, 1.807) is 0 Å². The van der Waals surface area contributed by atoms with Gasteiger partial charge in [-0.25, -0.2) is 8.78 Å². The van der Waals surface area contributed by atoms with Crippen LogP contribution >= 0.6 is 0 Å². The van der Waals surface area contributed by atoms with E-state index in [-0.39, 0.29) is 0 Å². The molecule has 0 bridgehead atoms. The second kappa shape index (κ2) is 4.57. The Labute approximate surface area is 92.9 Å². The Balaban J connectivity index is 2.86. The van der Waals surface area contributed by atoms with Crippen LogP contribution in [-0.2, 0) is 20.9 Å². The highest BCUT2D eigenvalue weighted by atomic mass is 32.2. The van der Waals surface area contributed by atoms with Crippen molar-refractivity contribution in [1.82, 2.24) is 0 Å². The summed E-state index contributed by atoms with van der Waals surface area (Å²) in [5, 5.41) is 0. The van der Waals surface area contributed by atoms with Crippen molar-refractivity contribution in [1.29, 1.82) is 0 Å². The van der Waals surface area contributed by atoms with Crippen LogP contribution in [0.1, 0.15) is 5.56 Å². The molecule has 1 aromatic rings. The summed E-state index contributed by atoms with van der Waals surface area (Å²) >= 11 is 0. The van der Waals surface area contributed by atoms with E-state index in [9.17, 15) is 30.4 Å². The van der Waals surface area contributed by atoms with E-state index in [0.717, 1.165) is 18.2 Å². The Hall–Kier alpha value is -1.22. The molecule has 96 valence electrons. The fourth-order valence-corrected chi connectivity index (χ4v) is 1.28. The molecule has 1 aromatic carbocycles. The minimum Gasteiger partial charge on any atom is -0.258 e. The Kier molecular flexibility index (Phi) is 3.72. The molecule has 0 atom stereocenters. The molecule has 1 rings (SSSR count). The van der Waals surface area contributed by atoms with Crippen LogP contribution in [0.4, 0.5) is 22.0 Å². The van der Waals surface area contributed by atoms with E-state index in [4.69, 9.17) is 0 Å². The van der Waals surface area contributed by atoms with Crippen LogP contribution in [-0.4, -0.2) is 13.9 Å². The summed E-state index contributed by atoms with van der Waals surface area (Å²) < 4.78 is 85.6. The van der Waals surface area contributed by atoms with Crippen molar-refractivity contribution in [2.75, 3.05) is 0 Å². The van der Waals surface area contributed by atoms with Gasteiger partial charge in [-0.05, 0) is 6.07 Å². The monoisotopic (exact) mass is 276 g/mol. The van der Waals surface area contributed by atoms with Crippen molar-refractivity contribution < 1.29 is 34.6 Å². The molecule has 3 nitrogen and oxygen atoms in total. The fraction of sp³-hybridized carbons (Fsp3) is 0.250. The van der Waals surface area contributed by atoms with Crippen molar-refractivity contribution in [3.63, 3.8) is 0 Å². The van der Waals surface area contributed by atoms with Crippen LogP contribution in [0.5, 0.6) is 0 Å². The van der Waals surface area contributed by atoms with Gasteiger partial charge in [0.1, 0.15) is 0 Å². The van der Waals surface area contributed by atoms with Crippen LogP contribution in [0.2, 0.25) is 0 Å². The summed E-state index contributed by atoms with van der Waals surface area (Å²) in [7, 11) is -5.81. The van der Waals surface area contributed by atoms with E-state index in [1.165, 1.54) is 0 Å². The van der Waals surface area contributed by atoms with Gasteiger partial charge in [0.2, 0.25) is 0 Å². The lowest BCUT2D eigenvalue weighted by molar-refractivity contribution is -0.0548. The second-order valence-electron chi connectivity index (χ2n) is 2.87. The van der Waals surface area contributed by atoms with Crippen molar-refractivity contribution in [2.45, 2.75) is 12.1 Å².